The molecule has 1 N–H and O–H groups in total. The van der Waals surface area contributed by atoms with Crippen LogP contribution in [0.1, 0.15) is 19.0 Å². The fourth-order valence-corrected chi connectivity index (χ4v) is 1.55. The fourth-order valence-electron chi connectivity index (χ4n) is 1.41. The highest BCUT2D eigenvalue weighted by Gasteiger charge is 2.05. The molecule has 0 aliphatic heterocycles. The van der Waals surface area contributed by atoms with Gasteiger partial charge in [-0.3, -0.25) is 0 Å². The Morgan fingerprint density at radius 2 is 2.24 bits per heavy atom. The normalized spacial score (nSPS) is 10.5. The summed E-state index contributed by atoms with van der Waals surface area (Å²) in [5.41, 5.74) is 0.889. The molecular weight excluding hydrogens is 238 g/mol. The molecule has 6 heteroatoms. The molecule has 0 aromatic carbocycles. The van der Waals surface area contributed by atoms with Gasteiger partial charge in [-0.25, -0.2) is 9.67 Å². The summed E-state index contributed by atoms with van der Waals surface area (Å²) in [5.74, 6) is 1.33. The van der Waals surface area contributed by atoms with E-state index in [0.29, 0.717) is 16.8 Å². The molecule has 0 bridgehead atoms. The number of halogens is 1. The standard InChI is InChI=1S/C11H14ClN5/c1-3-4-13-11-15-8(2)5-10(16-11)17-7-9(12)6-14-17/h5-7H,3-4H2,1-2H3,(H,13,15,16). The molecule has 0 atom stereocenters. The van der Waals surface area contributed by atoms with E-state index in [1.165, 1.54) is 0 Å². The van der Waals surface area contributed by atoms with Crippen LogP contribution in [0.4, 0.5) is 5.95 Å². The number of hydrogen-bond acceptors (Lipinski definition) is 4. The van der Waals surface area contributed by atoms with E-state index in [9.17, 15) is 0 Å². The first kappa shape index (κ1) is 11.9. The largest absolute Gasteiger partial charge is 0.354 e. The molecule has 0 spiro atoms. The van der Waals surface area contributed by atoms with Crippen molar-refractivity contribution < 1.29 is 0 Å². The molecule has 0 fully saturated rings. The van der Waals surface area contributed by atoms with Crippen LogP contribution >= 0.6 is 11.6 Å². The molecule has 0 aliphatic rings. The molecule has 2 aromatic rings. The van der Waals surface area contributed by atoms with Crippen molar-refractivity contribution in [2.75, 3.05) is 11.9 Å². The van der Waals surface area contributed by atoms with Gasteiger partial charge in [-0.05, 0) is 13.3 Å². The Bertz CT molecular complexity index is 508. The quantitative estimate of drug-likeness (QED) is 0.907. The third-order valence-corrected chi connectivity index (χ3v) is 2.35. The van der Waals surface area contributed by atoms with E-state index in [1.54, 1.807) is 17.1 Å². The van der Waals surface area contributed by atoms with E-state index in [4.69, 9.17) is 11.6 Å². The molecule has 5 nitrogen and oxygen atoms in total. The van der Waals surface area contributed by atoms with Gasteiger partial charge in [0.2, 0.25) is 5.95 Å². The van der Waals surface area contributed by atoms with E-state index >= 15 is 0 Å². The lowest BCUT2D eigenvalue weighted by atomic mass is 10.4. The summed E-state index contributed by atoms with van der Waals surface area (Å²) in [4.78, 5) is 8.68. The average molecular weight is 252 g/mol. The van der Waals surface area contributed by atoms with Crippen LogP contribution in [-0.2, 0) is 0 Å². The van der Waals surface area contributed by atoms with Crippen molar-refractivity contribution >= 4 is 17.5 Å². The highest BCUT2D eigenvalue weighted by molar-refractivity contribution is 6.30. The Balaban J connectivity index is 2.31. The van der Waals surface area contributed by atoms with Crippen LogP contribution in [0.2, 0.25) is 5.02 Å². The smallest absolute Gasteiger partial charge is 0.224 e. The van der Waals surface area contributed by atoms with E-state index < -0.39 is 0 Å². The predicted molar refractivity (Wildman–Crippen MR) is 67.7 cm³/mol. The van der Waals surface area contributed by atoms with Gasteiger partial charge >= 0.3 is 0 Å². The third-order valence-electron chi connectivity index (χ3n) is 2.16. The van der Waals surface area contributed by atoms with Crippen molar-refractivity contribution in [3.8, 4) is 5.82 Å². The molecule has 90 valence electrons. The van der Waals surface area contributed by atoms with Gasteiger partial charge in [0.05, 0.1) is 17.4 Å². The number of nitrogens with zero attached hydrogens (tertiary/aromatic N) is 4. The first-order chi connectivity index (χ1) is 8.19. The van der Waals surface area contributed by atoms with E-state index in [0.717, 1.165) is 18.7 Å². The number of anilines is 1. The number of nitrogens with one attached hydrogen (secondary N) is 1. The summed E-state index contributed by atoms with van der Waals surface area (Å²) >= 11 is 5.83. The molecule has 0 saturated carbocycles. The van der Waals surface area contributed by atoms with Gasteiger partial charge < -0.3 is 5.32 Å². The molecule has 2 heterocycles. The van der Waals surface area contributed by atoms with Gasteiger partial charge in [-0.1, -0.05) is 18.5 Å². The summed E-state index contributed by atoms with van der Waals surface area (Å²) in [5, 5.41) is 7.86. The summed E-state index contributed by atoms with van der Waals surface area (Å²) in [6, 6.07) is 1.86. The minimum absolute atomic E-state index is 0.587. The Hall–Kier alpha value is -1.62. The average Bonchev–Trinajstić information content (AvgIpc) is 2.72. The second-order valence-corrected chi connectivity index (χ2v) is 4.16. The van der Waals surface area contributed by atoms with Gasteiger partial charge in [-0.2, -0.15) is 10.1 Å². The number of aromatic nitrogens is 4. The van der Waals surface area contributed by atoms with Crippen LogP contribution in [0.5, 0.6) is 0 Å². The Morgan fingerprint density at radius 1 is 1.41 bits per heavy atom. The van der Waals surface area contributed by atoms with E-state index in [-0.39, 0.29) is 0 Å². The van der Waals surface area contributed by atoms with Gasteiger partial charge in [-0.15, -0.1) is 0 Å². The SMILES string of the molecule is CCCNc1nc(C)cc(-n2cc(Cl)cn2)n1. The maximum atomic E-state index is 5.83. The molecule has 0 radical (unpaired) electrons. The minimum atomic E-state index is 0.587. The van der Waals surface area contributed by atoms with Crippen LogP contribution in [0.25, 0.3) is 5.82 Å². The lowest BCUT2D eigenvalue weighted by Crippen LogP contribution is -2.08. The van der Waals surface area contributed by atoms with Gasteiger partial charge in [0.15, 0.2) is 5.82 Å². The number of aryl methyl sites for hydroxylation is 1. The second kappa shape index (κ2) is 5.14. The van der Waals surface area contributed by atoms with Crippen molar-refractivity contribution in [2.24, 2.45) is 0 Å². The highest BCUT2D eigenvalue weighted by Crippen LogP contribution is 2.12. The van der Waals surface area contributed by atoms with Crippen molar-refractivity contribution in [1.82, 2.24) is 19.7 Å². The second-order valence-electron chi connectivity index (χ2n) is 3.72. The Kier molecular flexibility index (Phi) is 3.58. The van der Waals surface area contributed by atoms with Crippen LogP contribution in [-0.4, -0.2) is 26.3 Å². The highest BCUT2D eigenvalue weighted by atomic mass is 35.5. The van der Waals surface area contributed by atoms with Crippen LogP contribution in [0, 0.1) is 6.92 Å². The monoisotopic (exact) mass is 251 g/mol. The van der Waals surface area contributed by atoms with Gasteiger partial charge in [0, 0.05) is 18.3 Å². The van der Waals surface area contributed by atoms with E-state index in [1.807, 2.05) is 13.0 Å². The first-order valence-corrected chi connectivity index (χ1v) is 5.87. The molecular formula is C11H14ClN5. The molecule has 2 rings (SSSR count). The zero-order chi connectivity index (χ0) is 12.3. The first-order valence-electron chi connectivity index (χ1n) is 5.49. The summed E-state index contributed by atoms with van der Waals surface area (Å²) in [7, 11) is 0. The van der Waals surface area contributed by atoms with Crippen LogP contribution in [0.3, 0.4) is 0 Å². The summed E-state index contributed by atoms with van der Waals surface area (Å²) < 4.78 is 1.63. The Labute approximate surface area is 105 Å². The predicted octanol–water partition coefficient (Wildman–Crippen LogP) is 2.45. The van der Waals surface area contributed by atoms with Gasteiger partial charge in [0.25, 0.3) is 0 Å². The van der Waals surface area contributed by atoms with E-state index in [2.05, 4.69) is 27.3 Å². The van der Waals surface area contributed by atoms with Crippen molar-refractivity contribution in [2.45, 2.75) is 20.3 Å². The molecule has 0 aliphatic carbocycles. The zero-order valence-corrected chi connectivity index (χ0v) is 10.6. The van der Waals surface area contributed by atoms with Gasteiger partial charge in [0.1, 0.15) is 0 Å². The molecule has 2 aromatic heterocycles. The zero-order valence-electron chi connectivity index (χ0n) is 9.81. The lowest BCUT2D eigenvalue weighted by molar-refractivity contribution is 0.832. The molecule has 0 amide bonds. The number of hydrogen-bond donors (Lipinski definition) is 1. The van der Waals surface area contributed by atoms with Crippen molar-refractivity contribution in [3.63, 3.8) is 0 Å². The topological polar surface area (TPSA) is 55.6 Å². The Morgan fingerprint density at radius 3 is 2.88 bits per heavy atom. The van der Waals surface area contributed by atoms with Crippen molar-refractivity contribution in [1.29, 1.82) is 0 Å². The van der Waals surface area contributed by atoms with Crippen molar-refractivity contribution in [3.05, 3.63) is 29.2 Å². The van der Waals surface area contributed by atoms with Crippen LogP contribution in [0.15, 0.2) is 18.5 Å². The lowest BCUT2D eigenvalue weighted by Gasteiger charge is -2.06. The fraction of sp³-hybridized carbons (Fsp3) is 0.364. The summed E-state index contributed by atoms with van der Waals surface area (Å²) in [6.45, 7) is 4.87. The maximum Gasteiger partial charge on any atom is 0.224 e. The maximum absolute atomic E-state index is 5.83. The minimum Gasteiger partial charge on any atom is -0.354 e. The number of rotatable bonds is 4. The molecule has 17 heavy (non-hydrogen) atoms. The van der Waals surface area contributed by atoms with Crippen LogP contribution < -0.4 is 5.32 Å². The molecule has 0 unspecified atom stereocenters. The summed E-state index contributed by atoms with van der Waals surface area (Å²) in [6.07, 6.45) is 4.32. The molecule has 0 saturated heterocycles. The third kappa shape index (κ3) is 2.94.